The third kappa shape index (κ3) is 26.8. The first-order chi connectivity index (χ1) is 52.6. The zero-order chi connectivity index (χ0) is 77.9. The Kier molecular flexibility index (Phi) is 38.4. The molecular weight excluding hydrogens is 1510 g/mol. The summed E-state index contributed by atoms with van der Waals surface area (Å²) in [6.07, 6.45) is -12.1. The van der Waals surface area contributed by atoms with Crippen molar-refractivity contribution in [2.45, 2.75) is 125 Å². The molecule has 0 aliphatic carbocycles. The molecule has 2 aliphatic heterocycles. The first-order valence-electron chi connectivity index (χ1n) is 35.5. The Morgan fingerprint density at radius 2 is 0.857 bits per heavy atom. The number of carbonyl (C=O) groups is 9. The summed E-state index contributed by atoms with van der Waals surface area (Å²) in [5.41, 5.74) is 5.05. The number of Topliss-reactive ketones (excluding diaryl/α,β-unsaturated/α-hetero) is 1. The first-order valence-corrected chi connectivity index (χ1v) is 37.8. The SMILES string of the molecule is CC(=O)N[C@H]1[C@H]([C@H](O)[C@H](O)CNC(=O)c2ccc(-c3ccccc3)cc2)O[C@]([C-]=O)(OCCCSCCNC(=O)c2ccc(C(=O)CCCSCCCO[C@]3(C(=O)[O-])C[C@H](OC(=O)c4ccccc4)[C@@H](NC(C)=O)[C@H]([C@H](O)[C@H](O)CNC(=O)c4ccc(-c5ccccc5)cc4)O3)cc2)C[C@@H]1OC(=O)c1ccccc1.[Na+].[Na+].[OH-]. The summed E-state index contributed by atoms with van der Waals surface area (Å²) in [6.45, 7) is 1.17. The van der Waals surface area contributed by atoms with Crippen molar-refractivity contribution in [3.63, 3.8) is 0 Å². The monoisotopic (exact) mass is 1590 g/mol. The van der Waals surface area contributed by atoms with E-state index in [1.807, 2.05) is 60.7 Å². The van der Waals surface area contributed by atoms with Crippen LogP contribution in [0.1, 0.15) is 115 Å². The normalized spacial score (nSPS) is 20.1. The van der Waals surface area contributed by atoms with Gasteiger partial charge in [-0.2, -0.15) is 23.5 Å². The molecule has 112 heavy (non-hydrogen) atoms. The van der Waals surface area contributed by atoms with Crippen LogP contribution in [0.25, 0.3) is 22.3 Å². The molecule has 0 bridgehead atoms. The predicted octanol–water partition coefficient (Wildman–Crippen LogP) is -0.581. The third-order valence-electron chi connectivity index (χ3n) is 18.0. The summed E-state index contributed by atoms with van der Waals surface area (Å²) in [7, 11) is 0. The number of carbonyl (C=O) groups excluding carboxylic acids is 10. The van der Waals surface area contributed by atoms with Crippen molar-refractivity contribution in [2.24, 2.45) is 0 Å². The number of carboxylic acid groups (broad SMARTS) is 1. The summed E-state index contributed by atoms with van der Waals surface area (Å²) in [4.78, 5) is 131. The second-order valence-corrected chi connectivity index (χ2v) is 28.4. The van der Waals surface area contributed by atoms with E-state index in [0.717, 1.165) is 29.2 Å². The average molecular weight is 1590 g/mol. The Morgan fingerprint density at radius 3 is 1.29 bits per heavy atom. The van der Waals surface area contributed by atoms with Gasteiger partial charge in [-0.05, 0) is 119 Å². The number of amides is 5. The molecule has 2 saturated heterocycles. The quantitative estimate of drug-likeness (QED) is 0.00765. The van der Waals surface area contributed by atoms with Gasteiger partial charge in [0.05, 0.1) is 47.8 Å². The Morgan fingerprint density at radius 1 is 0.482 bits per heavy atom. The van der Waals surface area contributed by atoms with Crippen LogP contribution < -0.4 is 90.8 Å². The molecule has 5 amide bonds. The standard InChI is InChI=1S/C81H88N5O21S2.2Na.H2O/c1-51(88)85-68-66(104-77(98)61-22-11-5-12-23-61)46-80(50-87,106-72(68)70(93)64(91)48-83-75(96)59-33-27-55(28-34-59)53-18-7-3-8-19-53)102-40-16-44-109-45-39-82-74(95)58-37-31-57(32-38-58)63(90)26-15-42-108-43-17-41-103-81(79(100)101)47-67(105-78(99)62-24-13-6-14-25-62)69(86-52(2)89)73(107-81)71(94)65(92)49-84-76(97)60-35-29-56(30-36-60)54-20-9-4-10-21-54;;;/h3-14,18-25,27-38,64-73,91-94H,15-17,26,39-49H2,1-2H3,(H,82,95)(H,83,96)(H,84,97)(H,85,88)(H,86,89)(H,100,101);;;1H2/q-1;2*+1;/p-2/t64-,65-,66+,67+,68-,69-,70-,71-,72-,73-,80-,81-;;;/m1.../s1. The molecule has 0 aromatic heterocycles. The molecule has 0 saturated carbocycles. The topological polar surface area (TPSA) is 420 Å². The molecule has 7 aromatic rings. The van der Waals surface area contributed by atoms with Gasteiger partial charge in [0.2, 0.25) is 17.6 Å². The van der Waals surface area contributed by atoms with Crippen LogP contribution in [0.5, 0.6) is 0 Å². The molecule has 2 fully saturated rings. The van der Waals surface area contributed by atoms with Crippen LogP contribution in [0, 0.1) is 0 Å². The maximum absolute atomic E-state index is 13.5. The van der Waals surface area contributed by atoms with Crippen molar-refractivity contribution in [1.82, 2.24) is 26.6 Å². The second-order valence-electron chi connectivity index (χ2n) is 26.0. The van der Waals surface area contributed by atoms with E-state index in [-0.39, 0.29) is 131 Å². The van der Waals surface area contributed by atoms with Gasteiger partial charge < -0.3 is 95.6 Å². The summed E-state index contributed by atoms with van der Waals surface area (Å²) in [5, 5.41) is 72.6. The number of esters is 2. The molecule has 0 radical (unpaired) electrons. The number of aliphatic hydroxyl groups is 4. The molecule has 27 nitrogen and oxygen atoms in total. The largest absolute Gasteiger partial charge is 1.00 e. The summed E-state index contributed by atoms with van der Waals surface area (Å²) in [6, 6.07) is 51.5. The molecule has 31 heteroatoms. The first kappa shape index (κ1) is 92.8. The number of ketones is 1. The minimum absolute atomic E-state index is 0. The number of aliphatic carboxylic acids is 1. The second kappa shape index (κ2) is 46.4. The van der Waals surface area contributed by atoms with Gasteiger partial charge in [-0.15, -0.1) is 0 Å². The maximum atomic E-state index is 13.5. The van der Waals surface area contributed by atoms with Gasteiger partial charge in [-0.3, -0.25) is 28.8 Å². The number of benzene rings is 7. The van der Waals surface area contributed by atoms with Gasteiger partial charge in [-0.25, -0.2) is 15.9 Å². The molecule has 0 unspecified atom stereocenters. The number of aliphatic hydroxyl groups excluding tert-OH is 4. The Bertz CT molecular complexity index is 4190. The van der Waals surface area contributed by atoms with Crippen molar-refractivity contribution in [3.05, 3.63) is 228 Å². The maximum Gasteiger partial charge on any atom is 1.00 e. The van der Waals surface area contributed by atoms with Gasteiger partial charge in [0.25, 0.3) is 17.7 Å². The molecule has 584 valence electrons. The molecule has 9 rings (SSSR count). The van der Waals surface area contributed by atoms with E-state index in [4.69, 9.17) is 28.4 Å². The van der Waals surface area contributed by atoms with Crippen molar-refractivity contribution in [3.8, 4) is 22.3 Å². The van der Waals surface area contributed by atoms with E-state index in [1.54, 1.807) is 115 Å². The van der Waals surface area contributed by atoms with Gasteiger partial charge >= 0.3 is 71.1 Å². The van der Waals surface area contributed by atoms with Crippen LogP contribution in [0.4, 0.5) is 0 Å². The van der Waals surface area contributed by atoms with Crippen LogP contribution in [-0.2, 0) is 47.6 Å². The van der Waals surface area contributed by atoms with Crippen molar-refractivity contribution in [2.75, 3.05) is 55.9 Å². The van der Waals surface area contributed by atoms with Crippen LogP contribution in [-0.4, -0.2) is 214 Å². The van der Waals surface area contributed by atoms with Crippen molar-refractivity contribution in [1.29, 1.82) is 0 Å². The van der Waals surface area contributed by atoms with Gasteiger partial charge in [0.15, 0.2) is 5.78 Å². The Labute approximate surface area is 701 Å². The molecule has 0 spiro atoms. The molecular formula is C81H88N5Na2O22S2-. The van der Waals surface area contributed by atoms with Gasteiger partial charge in [-0.1, -0.05) is 133 Å². The predicted molar refractivity (Wildman–Crippen MR) is 404 cm³/mol. The van der Waals surface area contributed by atoms with Crippen molar-refractivity contribution < 1.29 is 166 Å². The van der Waals surface area contributed by atoms with Gasteiger partial charge in [0, 0.05) is 87.4 Å². The van der Waals surface area contributed by atoms with Crippen molar-refractivity contribution >= 4 is 83.0 Å². The molecule has 12 atom stereocenters. The molecule has 7 aromatic carbocycles. The minimum Gasteiger partial charge on any atom is -0.870 e. The Hall–Kier alpha value is -8.02. The number of ether oxygens (including phenoxy) is 6. The van der Waals surface area contributed by atoms with E-state index in [9.17, 15) is 73.5 Å². The molecule has 2 heterocycles. The number of thioether (sulfide) groups is 2. The number of hydrogen-bond acceptors (Lipinski definition) is 24. The number of nitrogens with one attached hydrogen (secondary N) is 5. The van der Waals surface area contributed by atoms with E-state index >= 15 is 0 Å². The van der Waals surface area contributed by atoms with E-state index in [0.29, 0.717) is 47.0 Å². The number of hydrogen-bond donors (Lipinski definition) is 9. The van der Waals surface area contributed by atoms with E-state index < -0.39 is 140 Å². The number of rotatable bonds is 39. The fraction of sp³-hybridized carbons (Fsp3) is 0.358. The van der Waals surface area contributed by atoms with Crippen LogP contribution in [0.15, 0.2) is 194 Å². The minimum atomic E-state index is -2.69. The van der Waals surface area contributed by atoms with E-state index in [2.05, 4.69) is 26.6 Å². The number of carboxylic acids is 1. The van der Waals surface area contributed by atoms with E-state index in [1.165, 1.54) is 54.7 Å². The fourth-order valence-electron chi connectivity index (χ4n) is 12.3. The van der Waals surface area contributed by atoms with Crippen LogP contribution >= 0.6 is 23.5 Å². The Balaban J connectivity index is 0.00000652. The third-order valence-corrected chi connectivity index (χ3v) is 20.2. The fourth-order valence-corrected chi connectivity index (χ4v) is 14.0. The van der Waals surface area contributed by atoms with Gasteiger partial charge in [0.1, 0.15) is 42.6 Å². The zero-order valence-corrected chi connectivity index (χ0v) is 68.0. The smallest absolute Gasteiger partial charge is 0.870 e. The zero-order valence-electron chi connectivity index (χ0n) is 62.3. The summed E-state index contributed by atoms with van der Waals surface area (Å²) >= 11 is 2.91. The molecule has 2 aliphatic rings. The summed E-state index contributed by atoms with van der Waals surface area (Å²) < 4.78 is 35.8. The average Bonchev–Trinajstić information content (AvgIpc) is 0.767. The molecule has 10 N–H and O–H groups in total. The van der Waals surface area contributed by atoms with Crippen LogP contribution in [0.2, 0.25) is 0 Å². The summed E-state index contributed by atoms with van der Waals surface area (Å²) in [5.74, 6) is -9.70. The van der Waals surface area contributed by atoms with Crippen LogP contribution in [0.3, 0.4) is 0 Å².